The second kappa shape index (κ2) is 30.3. The highest BCUT2D eigenvalue weighted by molar-refractivity contribution is 5.99. The molecule has 404 valence electrons. The lowest BCUT2D eigenvalue weighted by Gasteiger charge is -2.30. The molecule has 0 aliphatic rings. The molecule has 0 radical (unpaired) electrons. The molecule has 0 fully saturated rings. The highest BCUT2D eigenvalue weighted by Gasteiger charge is 2.38. The normalized spacial score (nSPS) is 14.6. The van der Waals surface area contributed by atoms with Crippen molar-refractivity contribution in [2.75, 3.05) is 0 Å². The number of nitrogens with two attached hydrogens (primary N) is 1. The molecule has 73 heavy (non-hydrogen) atoms. The average Bonchev–Trinajstić information content (AvgIpc) is 3.28. The first-order valence-corrected chi connectivity index (χ1v) is 22.1. The number of hydrogen-bond donors (Lipinski definition) is 16. The smallest absolute Gasteiger partial charge is 0.326 e. The Bertz CT molecular complexity index is 2220. The number of carboxylic acids is 7. The van der Waals surface area contributed by atoms with E-state index in [1.165, 1.54) is 45.0 Å². The molecule has 9 atom stereocenters. The van der Waals surface area contributed by atoms with Gasteiger partial charge in [-0.1, -0.05) is 32.9 Å². The molecule has 0 unspecified atom stereocenters. The van der Waals surface area contributed by atoms with E-state index in [2.05, 4.69) is 26.6 Å². The van der Waals surface area contributed by atoms with Gasteiger partial charge in [0.15, 0.2) is 0 Å². The fourth-order valence-electron chi connectivity index (χ4n) is 6.55. The molecule has 0 spiro atoms. The van der Waals surface area contributed by atoms with Crippen LogP contribution in [-0.2, 0) is 67.1 Å². The number of nitrogens with one attached hydrogen (secondary N) is 7. The summed E-state index contributed by atoms with van der Waals surface area (Å²) >= 11 is 0. The molecule has 7 amide bonds. The van der Waals surface area contributed by atoms with Gasteiger partial charge >= 0.3 is 41.8 Å². The average molecular weight is 1040 g/mol. The van der Waals surface area contributed by atoms with E-state index in [4.69, 9.17) is 10.8 Å². The molecular formula is C43H60N8O22. The van der Waals surface area contributed by atoms with Gasteiger partial charge in [0, 0.05) is 31.6 Å². The summed E-state index contributed by atoms with van der Waals surface area (Å²) in [5, 5.41) is 90.6. The minimum atomic E-state index is -2.20. The lowest BCUT2D eigenvalue weighted by Crippen LogP contribution is -2.61. The van der Waals surface area contributed by atoms with Crippen LogP contribution < -0.4 is 43.0 Å². The second-order valence-electron chi connectivity index (χ2n) is 16.8. The standard InChI is InChI=1S/C43H60N8O22/c1-18(2)34(43(72)73)50-38(67)24(10-14-30(57)58)45-37(66)23(9-13-29(55)56)47-42(71)35(19(3)20-4-6-21(52)7-5-20)51-39(68)25(11-15-31(59)60)46-40(69)27(17-33(63)64)49-41(70)26(16-32(61)62)48-36(65)22(44)8-12-28(53)54/h4-7,18-19,22-27,34-35,52H,8-17,44H2,1-3H3,(H,45,66)(H,46,69)(H,47,71)(H,48,65)(H,49,70)(H,50,67)(H,51,68)(H,53,54)(H,55,56)(H,57,58)(H,59,60)(H,61,62)(H,63,64)(H,72,73)/t19-,22-,23-,24-,25-,26-,27-,34-,35+/m0/s1. The molecule has 0 saturated carbocycles. The summed E-state index contributed by atoms with van der Waals surface area (Å²) in [6, 6.07) is -10.0. The maximum absolute atomic E-state index is 14.3. The third kappa shape index (κ3) is 23.4. The summed E-state index contributed by atoms with van der Waals surface area (Å²) < 4.78 is 0. The number of hydrogen-bond acceptors (Lipinski definition) is 16. The van der Waals surface area contributed by atoms with Gasteiger partial charge in [-0.3, -0.25) is 62.3 Å². The van der Waals surface area contributed by atoms with E-state index in [0.717, 1.165) is 0 Å². The first-order valence-electron chi connectivity index (χ1n) is 22.1. The molecule has 0 aliphatic carbocycles. The number of carbonyl (C=O) groups is 14. The Balaban J connectivity index is 3.74. The summed E-state index contributed by atoms with van der Waals surface area (Å²) in [6.45, 7) is 4.21. The number of rotatable bonds is 34. The number of benzene rings is 1. The van der Waals surface area contributed by atoms with Crippen LogP contribution in [0.5, 0.6) is 5.75 Å². The fraction of sp³-hybridized carbons (Fsp3) is 0.535. The van der Waals surface area contributed by atoms with Crippen molar-refractivity contribution < 1.29 is 108 Å². The Morgan fingerprint density at radius 1 is 0.411 bits per heavy atom. The van der Waals surface area contributed by atoms with Crippen molar-refractivity contribution in [2.24, 2.45) is 11.7 Å². The Hall–Kier alpha value is -8.44. The van der Waals surface area contributed by atoms with E-state index in [0.29, 0.717) is 0 Å². The number of amides is 7. The van der Waals surface area contributed by atoms with Gasteiger partial charge in [-0.2, -0.15) is 0 Å². The quantitative estimate of drug-likeness (QED) is 0.0317. The predicted octanol–water partition coefficient (Wildman–Crippen LogP) is -3.63. The molecule has 0 aliphatic heterocycles. The highest BCUT2D eigenvalue weighted by Crippen LogP contribution is 2.23. The maximum Gasteiger partial charge on any atom is 0.326 e. The van der Waals surface area contributed by atoms with Crippen molar-refractivity contribution >= 4 is 83.1 Å². The molecule has 1 aromatic rings. The van der Waals surface area contributed by atoms with Crippen molar-refractivity contribution in [2.45, 2.75) is 139 Å². The molecule has 30 heteroatoms. The predicted molar refractivity (Wildman–Crippen MR) is 242 cm³/mol. The summed E-state index contributed by atoms with van der Waals surface area (Å²) in [7, 11) is 0. The first-order chi connectivity index (χ1) is 33.9. The second-order valence-corrected chi connectivity index (χ2v) is 16.8. The van der Waals surface area contributed by atoms with E-state index < -0.39 is 208 Å². The Kier molecular flexibility index (Phi) is 26.0. The van der Waals surface area contributed by atoms with Crippen LogP contribution >= 0.6 is 0 Å². The summed E-state index contributed by atoms with van der Waals surface area (Å²) in [5.74, 6) is -22.3. The van der Waals surface area contributed by atoms with Gasteiger partial charge in [-0.25, -0.2) is 4.79 Å². The van der Waals surface area contributed by atoms with Gasteiger partial charge in [0.1, 0.15) is 48.0 Å². The van der Waals surface area contributed by atoms with Crippen LogP contribution in [0.4, 0.5) is 0 Å². The lowest BCUT2D eigenvalue weighted by atomic mass is 9.91. The highest BCUT2D eigenvalue weighted by atomic mass is 16.4. The van der Waals surface area contributed by atoms with E-state index >= 15 is 0 Å². The molecular weight excluding hydrogens is 981 g/mol. The molecule has 1 aromatic carbocycles. The number of carboxylic acid groups (broad SMARTS) is 7. The van der Waals surface area contributed by atoms with Crippen LogP contribution in [0.25, 0.3) is 0 Å². The number of phenols is 1. The minimum Gasteiger partial charge on any atom is -0.508 e. The summed E-state index contributed by atoms with van der Waals surface area (Å²) in [4.78, 5) is 176. The van der Waals surface area contributed by atoms with Crippen molar-refractivity contribution in [3.63, 3.8) is 0 Å². The fourth-order valence-corrected chi connectivity index (χ4v) is 6.55. The van der Waals surface area contributed by atoms with E-state index in [1.54, 1.807) is 0 Å². The topological polar surface area (TPSA) is 511 Å². The van der Waals surface area contributed by atoms with Crippen LogP contribution in [0, 0.1) is 5.92 Å². The third-order valence-electron chi connectivity index (χ3n) is 10.6. The van der Waals surface area contributed by atoms with Crippen molar-refractivity contribution in [1.29, 1.82) is 0 Å². The number of phenolic OH excluding ortho intramolecular Hbond substituents is 1. The SMILES string of the molecule is CC(C)[C@H](NC(=O)[C@H](CCC(=O)O)NC(=O)[C@H](CCC(=O)O)NC(=O)[C@H](NC(=O)[C@H](CCC(=O)O)NC(=O)[C@H](CC(=O)O)NC(=O)[C@H](CC(=O)O)NC(=O)[C@@H](N)CCC(=O)O)[C@@H](C)c1ccc(O)cc1)C(=O)O. The van der Waals surface area contributed by atoms with Crippen molar-refractivity contribution in [3.05, 3.63) is 29.8 Å². The number of aromatic hydroxyl groups is 1. The van der Waals surface area contributed by atoms with Gasteiger partial charge in [0.05, 0.1) is 18.9 Å². The van der Waals surface area contributed by atoms with E-state index in [1.807, 2.05) is 10.6 Å². The van der Waals surface area contributed by atoms with Crippen molar-refractivity contribution in [1.82, 2.24) is 37.2 Å². The minimum absolute atomic E-state index is 0.189. The van der Waals surface area contributed by atoms with Gasteiger partial charge in [0.25, 0.3) is 0 Å². The zero-order valence-electron chi connectivity index (χ0n) is 39.5. The zero-order valence-corrected chi connectivity index (χ0v) is 39.5. The van der Waals surface area contributed by atoms with Gasteiger partial charge in [0.2, 0.25) is 41.4 Å². The number of carbonyl (C=O) groups excluding carboxylic acids is 7. The molecule has 0 heterocycles. The van der Waals surface area contributed by atoms with Gasteiger partial charge in [-0.05, 0) is 49.3 Å². The van der Waals surface area contributed by atoms with Crippen molar-refractivity contribution in [3.8, 4) is 5.75 Å². The Labute approximate surface area is 414 Å². The van der Waals surface area contributed by atoms with Crippen LogP contribution in [0.2, 0.25) is 0 Å². The number of aliphatic carboxylic acids is 7. The summed E-state index contributed by atoms with van der Waals surface area (Å²) in [5.41, 5.74) is 5.83. The Morgan fingerprint density at radius 2 is 0.726 bits per heavy atom. The van der Waals surface area contributed by atoms with Crippen LogP contribution in [0.3, 0.4) is 0 Å². The van der Waals surface area contributed by atoms with E-state index in [-0.39, 0.29) is 11.3 Å². The monoisotopic (exact) mass is 1040 g/mol. The zero-order chi connectivity index (χ0) is 55.9. The molecule has 0 bridgehead atoms. The third-order valence-corrected chi connectivity index (χ3v) is 10.6. The molecule has 1 rings (SSSR count). The van der Waals surface area contributed by atoms with Gasteiger partial charge in [-0.15, -0.1) is 0 Å². The van der Waals surface area contributed by atoms with Crippen LogP contribution in [-0.4, -0.2) is 172 Å². The molecule has 0 saturated heterocycles. The first kappa shape index (κ1) is 62.6. The maximum atomic E-state index is 14.3. The molecule has 0 aromatic heterocycles. The summed E-state index contributed by atoms with van der Waals surface area (Å²) in [6.07, 6.45) is -8.16. The van der Waals surface area contributed by atoms with Crippen LogP contribution in [0.1, 0.15) is 96.5 Å². The molecule has 17 N–H and O–H groups in total. The van der Waals surface area contributed by atoms with E-state index in [9.17, 15) is 103 Å². The van der Waals surface area contributed by atoms with Crippen LogP contribution in [0.15, 0.2) is 24.3 Å². The Morgan fingerprint density at radius 3 is 1.08 bits per heavy atom. The molecule has 30 nitrogen and oxygen atoms in total. The van der Waals surface area contributed by atoms with Gasteiger partial charge < -0.3 is 83.8 Å². The largest absolute Gasteiger partial charge is 0.508 e. The lowest BCUT2D eigenvalue weighted by molar-refractivity contribution is -0.144.